The maximum Gasteiger partial charge on any atom is 0.338 e. The number of carbonyl (C=O) groups is 2. The number of hydrogen-bond donors (Lipinski definition) is 1. The van der Waals surface area contributed by atoms with Gasteiger partial charge in [-0.05, 0) is 24.7 Å². The fourth-order valence-electron chi connectivity index (χ4n) is 2.76. The molecule has 0 radical (unpaired) electrons. The lowest BCUT2D eigenvalue weighted by Gasteiger charge is -2.43. The summed E-state index contributed by atoms with van der Waals surface area (Å²) in [5.74, 6) is 1.19. The number of piperidine rings is 1. The molecule has 0 aliphatic carbocycles. The number of urea groups is 1. The molecular formula is C12H22BN3O2. The summed E-state index contributed by atoms with van der Waals surface area (Å²) in [6.45, 7) is 6.86. The lowest BCUT2D eigenvalue weighted by Crippen LogP contribution is -2.60. The second-order valence-electron chi connectivity index (χ2n) is 5.81. The van der Waals surface area contributed by atoms with Crippen molar-refractivity contribution in [3.63, 3.8) is 0 Å². The predicted molar refractivity (Wildman–Crippen MR) is 71.7 cm³/mol. The van der Waals surface area contributed by atoms with Crippen LogP contribution in [0.5, 0.6) is 0 Å². The van der Waals surface area contributed by atoms with Crippen molar-refractivity contribution in [3.8, 4) is 0 Å². The Balaban J connectivity index is 1.93. The third-order valence-corrected chi connectivity index (χ3v) is 4.16. The molecule has 0 aromatic carbocycles. The largest absolute Gasteiger partial charge is 0.338 e. The molecule has 3 amide bonds. The predicted octanol–water partition coefficient (Wildman–Crippen LogP) is 0.243. The standard InChI is InChI=1S/C12H22BN3O2/c1-8(2)9-3-5-15(6-4-9)16-7-10(13)11(17)14-12(16)18/h8-10H,3-7,13H2,1-2H3,(H,14,17,18). The molecular weight excluding hydrogens is 229 g/mol. The van der Waals surface area contributed by atoms with Crippen molar-refractivity contribution < 1.29 is 9.59 Å². The molecule has 2 saturated heterocycles. The first-order valence-electron chi connectivity index (χ1n) is 6.86. The van der Waals surface area contributed by atoms with Gasteiger partial charge in [-0.25, -0.2) is 9.80 Å². The van der Waals surface area contributed by atoms with Crippen LogP contribution in [-0.4, -0.2) is 49.4 Å². The second-order valence-corrected chi connectivity index (χ2v) is 5.81. The Bertz CT molecular complexity index is 340. The first kappa shape index (κ1) is 13.4. The second kappa shape index (κ2) is 5.30. The normalized spacial score (nSPS) is 27.7. The van der Waals surface area contributed by atoms with Crippen molar-refractivity contribution in [1.82, 2.24) is 15.3 Å². The number of nitrogens with zero attached hydrogens (tertiary/aromatic N) is 2. The van der Waals surface area contributed by atoms with Gasteiger partial charge in [0.15, 0.2) is 0 Å². The summed E-state index contributed by atoms with van der Waals surface area (Å²) in [5, 5.41) is 6.22. The van der Waals surface area contributed by atoms with Gasteiger partial charge in [-0.1, -0.05) is 13.8 Å². The third-order valence-electron chi connectivity index (χ3n) is 4.16. The average Bonchev–Trinajstić information content (AvgIpc) is 2.34. The van der Waals surface area contributed by atoms with Gasteiger partial charge >= 0.3 is 6.03 Å². The van der Waals surface area contributed by atoms with Crippen LogP contribution in [0.2, 0.25) is 5.82 Å². The summed E-state index contributed by atoms with van der Waals surface area (Å²) in [4.78, 5) is 23.2. The Morgan fingerprint density at radius 1 is 1.28 bits per heavy atom. The van der Waals surface area contributed by atoms with Gasteiger partial charge in [-0.15, -0.1) is 0 Å². The lowest BCUT2D eigenvalue weighted by molar-refractivity contribution is -0.124. The summed E-state index contributed by atoms with van der Waals surface area (Å²) < 4.78 is 0. The summed E-state index contributed by atoms with van der Waals surface area (Å²) in [6.07, 6.45) is 2.26. The van der Waals surface area contributed by atoms with Gasteiger partial charge in [-0.2, -0.15) is 0 Å². The molecule has 18 heavy (non-hydrogen) atoms. The number of nitrogens with one attached hydrogen (secondary N) is 1. The molecule has 0 aromatic heterocycles. The zero-order valence-corrected chi connectivity index (χ0v) is 11.5. The number of imide groups is 1. The van der Waals surface area contributed by atoms with Crippen LogP contribution in [0.15, 0.2) is 0 Å². The van der Waals surface area contributed by atoms with E-state index in [1.54, 1.807) is 5.01 Å². The molecule has 2 heterocycles. The van der Waals surface area contributed by atoms with Crippen LogP contribution in [-0.2, 0) is 4.79 Å². The molecule has 5 nitrogen and oxygen atoms in total. The Labute approximate surface area is 109 Å². The third kappa shape index (κ3) is 2.69. The Morgan fingerprint density at radius 3 is 2.44 bits per heavy atom. The zero-order chi connectivity index (χ0) is 13.3. The van der Waals surface area contributed by atoms with Gasteiger partial charge in [0.05, 0.1) is 0 Å². The Kier molecular flexibility index (Phi) is 3.95. The molecule has 2 aliphatic heterocycles. The molecule has 1 N–H and O–H groups in total. The Hall–Kier alpha value is -1.04. The van der Waals surface area contributed by atoms with E-state index in [1.807, 2.05) is 7.85 Å². The lowest BCUT2D eigenvalue weighted by atomic mass is 9.85. The maximum absolute atomic E-state index is 11.8. The fourth-order valence-corrected chi connectivity index (χ4v) is 2.76. The van der Waals surface area contributed by atoms with Crippen molar-refractivity contribution in [2.45, 2.75) is 32.5 Å². The van der Waals surface area contributed by atoms with E-state index in [2.05, 4.69) is 24.2 Å². The highest BCUT2D eigenvalue weighted by molar-refractivity contribution is 6.26. The van der Waals surface area contributed by atoms with Crippen LogP contribution < -0.4 is 5.32 Å². The minimum absolute atomic E-state index is 0.120. The van der Waals surface area contributed by atoms with Gasteiger partial charge in [0.1, 0.15) is 7.85 Å². The summed E-state index contributed by atoms with van der Waals surface area (Å²) >= 11 is 0. The molecule has 0 aromatic rings. The molecule has 1 atom stereocenters. The molecule has 0 spiro atoms. The maximum atomic E-state index is 11.8. The van der Waals surface area contributed by atoms with Crippen molar-refractivity contribution in [2.75, 3.05) is 19.6 Å². The first-order valence-corrected chi connectivity index (χ1v) is 6.86. The van der Waals surface area contributed by atoms with Crippen LogP contribution in [0.4, 0.5) is 4.79 Å². The van der Waals surface area contributed by atoms with Crippen LogP contribution >= 0.6 is 0 Å². The van der Waals surface area contributed by atoms with Crippen LogP contribution in [0.3, 0.4) is 0 Å². The van der Waals surface area contributed by atoms with Gasteiger partial charge in [0.2, 0.25) is 5.91 Å². The molecule has 2 rings (SSSR count). The number of rotatable bonds is 2. The first-order chi connectivity index (χ1) is 8.49. The van der Waals surface area contributed by atoms with Crippen LogP contribution in [0, 0.1) is 11.8 Å². The highest BCUT2D eigenvalue weighted by Crippen LogP contribution is 2.26. The van der Waals surface area contributed by atoms with E-state index in [0.717, 1.165) is 31.8 Å². The van der Waals surface area contributed by atoms with Crippen molar-refractivity contribution in [3.05, 3.63) is 0 Å². The van der Waals surface area contributed by atoms with Crippen molar-refractivity contribution in [2.24, 2.45) is 11.8 Å². The number of hydrazine groups is 1. The molecule has 0 bridgehead atoms. The van der Waals surface area contributed by atoms with E-state index in [-0.39, 0.29) is 17.8 Å². The average molecular weight is 251 g/mol. The molecule has 2 aliphatic rings. The number of hydrogen-bond acceptors (Lipinski definition) is 3. The highest BCUT2D eigenvalue weighted by Gasteiger charge is 2.34. The van der Waals surface area contributed by atoms with Gasteiger partial charge in [-0.3, -0.25) is 15.1 Å². The molecule has 6 heteroatoms. The van der Waals surface area contributed by atoms with Crippen molar-refractivity contribution in [1.29, 1.82) is 0 Å². The van der Waals surface area contributed by atoms with E-state index >= 15 is 0 Å². The SMILES string of the molecule is BC1CN(N2CCC(C(C)C)CC2)C(=O)NC1=O. The fraction of sp³-hybridized carbons (Fsp3) is 0.833. The minimum Gasteiger partial charge on any atom is -0.277 e. The number of carbonyl (C=O) groups excluding carboxylic acids is 2. The van der Waals surface area contributed by atoms with E-state index < -0.39 is 0 Å². The smallest absolute Gasteiger partial charge is 0.277 e. The van der Waals surface area contributed by atoms with E-state index in [1.165, 1.54) is 0 Å². The highest BCUT2D eigenvalue weighted by atomic mass is 16.2. The van der Waals surface area contributed by atoms with Crippen LogP contribution in [0.1, 0.15) is 26.7 Å². The topological polar surface area (TPSA) is 52.6 Å². The Morgan fingerprint density at radius 2 is 1.89 bits per heavy atom. The van der Waals surface area contributed by atoms with Crippen LogP contribution in [0.25, 0.3) is 0 Å². The molecule has 1 unspecified atom stereocenters. The van der Waals surface area contributed by atoms with E-state index in [9.17, 15) is 9.59 Å². The summed E-state index contributed by atoms with van der Waals surface area (Å²) in [5.41, 5.74) is 0. The van der Waals surface area contributed by atoms with E-state index in [0.29, 0.717) is 12.5 Å². The minimum atomic E-state index is -0.263. The van der Waals surface area contributed by atoms with Gasteiger partial charge < -0.3 is 0 Å². The monoisotopic (exact) mass is 251 g/mol. The quantitative estimate of drug-likeness (QED) is 0.715. The zero-order valence-electron chi connectivity index (χ0n) is 11.5. The van der Waals surface area contributed by atoms with E-state index in [4.69, 9.17) is 0 Å². The molecule has 0 saturated carbocycles. The summed E-state index contributed by atoms with van der Waals surface area (Å²) in [6, 6.07) is -0.263. The summed E-state index contributed by atoms with van der Waals surface area (Å²) in [7, 11) is 1.86. The van der Waals surface area contributed by atoms with Crippen molar-refractivity contribution >= 4 is 19.8 Å². The van der Waals surface area contributed by atoms with Gasteiger partial charge in [0.25, 0.3) is 0 Å². The number of amides is 3. The molecule has 100 valence electrons. The van der Waals surface area contributed by atoms with Gasteiger partial charge in [0, 0.05) is 25.5 Å². The molecule has 2 fully saturated rings.